The van der Waals surface area contributed by atoms with Gasteiger partial charge in [0.05, 0.1) is 4.90 Å². The second-order valence-corrected chi connectivity index (χ2v) is 6.51. The van der Waals surface area contributed by atoms with Crippen molar-refractivity contribution in [2.75, 3.05) is 13.1 Å². The van der Waals surface area contributed by atoms with Crippen LogP contribution in [0.25, 0.3) is 0 Å². The first-order chi connectivity index (χ1) is 9.42. The Morgan fingerprint density at radius 1 is 1.15 bits per heavy atom. The summed E-state index contributed by atoms with van der Waals surface area (Å²) in [5, 5.41) is 3.14. The quantitative estimate of drug-likeness (QED) is 0.725. The molecule has 0 saturated heterocycles. The summed E-state index contributed by atoms with van der Waals surface area (Å²) in [5.74, 6) is -0.488. The van der Waals surface area contributed by atoms with Gasteiger partial charge in [-0.05, 0) is 44.0 Å². The molecule has 0 fully saturated rings. The first-order valence-electron chi connectivity index (χ1n) is 6.91. The van der Waals surface area contributed by atoms with Crippen molar-refractivity contribution >= 4 is 10.0 Å². The van der Waals surface area contributed by atoms with E-state index in [0.717, 1.165) is 13.0 Å². The molecule has 6 heteroatoms. The molecule has 20 heavy (non-hydrogen) atoms. The van der Waals surface area contributed by atoms with Crippen LogP contribution in [0.15, 0.2) is 17.0 Å². The van der Waals surface area contributed by atoms with E-state index >= 15 is 0 Å². The Morgan fingerprint density at radius 3 is 2.40 bits per heavy atom. The van der Waals surface area contributed by atoms with Crippen LogP contribution in [0.5, 0.6) is 0 Å². The molecule has 1 aromatic carbocycles. The zero-order valence-corrected chi connectivity index (χ0v) is 13.1. The minimum absolute atomic E-state index is 0.0271. The number of hydrogen-bond acceptors (Lipinski definition) is 3. The van der Waals surface area contributed by atoms with Crippen LogP contribution in [0.2, 0.25) is 0 Å². The first kappa shape index (κ1) is 17.1. The zero-order chi connectivity index (χ0) is 15.2. The minimum Gasteiger partial charge on any atom is -0.313 e. The van der Waals surface area contributed by atoms with Crippen LogP contribution >= 0.6 is 0 Å². The van der Waals surface area contributed by atoms with Gasteiger partial charge in [-0.3, -0.25) is 0 Å². The molecule has 0 spiro atoms. The molecule has 0 atom stereocenters. The number of hydrogen-bond donors (Lipinski definition) is 2. The standard InChI is InChI=1S/C14H23FN2O2S/c1-4-6-16-10-12-8-13(15)11(3)14(9-12)20(18,19)17-7-5-2/h8-9,16-17H,4-7,10H2,1-3H3. The van der Waals surface area contributed by atoms with Crippen LogP contribution in [0, 0.1) is 12.7 Å². The van der Waals surface area contributed by atoms with E-state index in [-0.39, 0.29) is 10.5 Å². The van der Waals surface area contributed by atoms with Gasteiger partial charge < -0.3 is 5.32 Å². The summed E-state index contributed by atoms with van der Waals surface area (Å²) in [7, 11) is -3.65. The molecule has 0 amide bonds. The summed E-state index contributed by atoms with van der Waals surface area (Å²) >= 11 is 0. The van der Waals surface area contributed by atoms with Crippen molar-refractivity contribution < 1.29 is 12.8 Å². The van der Waals surface area contributed by atoms with Gasteiger partial charge in [-0.15, -0.1) is 0 Å². The predicted octanol–water partition coefficient (Wildman–Crippen LogP) is 2.32. The average Bonchev–Trinajstić information content (AvgIpc) is 2.40. The molecule has 0 unspecified atom stereocenters. The van der Waals surface area contributed by atoms with Crippen LogP contribution in [0.3, 0.4) is 0 Å². The van der Waals surface area contributed by atoms with Crippen molar-refractivity contribution in [2.45, 2.75) is 45.1 Å². The van der Waals surface area contributed by atoms with Gasteiger partial charge in [0.25, 0.3) is 0 Å². The van der Waals surface area contributed by atoms with Gasteiger partial charge in [0, 0.05) is 18.7 Å². The van der Waals surface area contributed by atoms with Gasteiger partial charge in [0.2, 0.25) is 10.0 Å². The highest BCUT2D eigenvalue weighted by atomic mass is 32.2. The maximum absolute atomic E-state index is 13.9. The van der Waals surface area contributed by atoms with E-state index in [4.69, 9.17) is 0 Å². The normalized spacial score (nSPS) is 11.8. The summed E-state index contributed by atoms with van der Waals surface area (Å²) in [6.07, 6.45) is 1.66. The Hall–Kier alpha value is -0.980. The fraction of sp³-hybridized carbons (Fsp3) is 0.571. The second kappa shape index (κ2) is 7.71. The lowest BCUT2D eigenvalue weighted by molar-refractivity contribution is 0.572. The third-order valence-electron chi connectivity index (χ3n) is 2.94. The van der Waals surface area contributed by atoms with Crippen LogP contribution in [-0.4, -0.2) is 21.5 Å². The molecule has 2 N–H and O–H groups in total. The van der Waals surface area contributed by atoms with Crippen molar-refractivity contribution in [1.29, 1.82) is 0 Å². The zero-order valence-electron chi connectivity index (χ0n) is 12.3. The summed E-state index contributed by atoms with van der Waals surface area (Å²) in [6, 6.07) is 2.93. The number of benzene rings is 1. The molecular formula is C14H23FN2O2S. The highest BCUT2D eigenvalue weighted by molar-refractivity contribution is 7.89. The summed E-state index contributed by atoms with van der Waals surface area (Å²) in [4.78, 5) is 0.0271. The maximum Gasteiger partial charge on any atom is 0.240 e. The van der Waals surface area contributed by atoms with Crippen LogP contribution < -0.4 is 10.0 Å². The lowest BCUT2D eigenvalue weighted by Crippen LogP contribution is -2.26. The van der Waals surface area contributed by atoms with E-state index in [9.17, 15) is 12.8 Å². The Morgan fingerprint density at radius 2 is 1.80 bits per heavy atom. The molecule has 4 nitrogen and oxygen atoms in total. The van der Waals surface area contributed by atoms with Gasteiger partial charge in [-0.25, -0.2) is 17.5 Å². The van der Waals surface area contributed by atoms with E-state index < -0.39 is 15.8 Å². The van der Waals surface area contributed by atoms with Gasteiger partial charge in [0.15, 0.2) is 0 Å². The third kappa shape index (κ3) is 4.54. The van der Waals surface area contributed by atoms with Crippen LogP contribution in [0.4, 0.5) is 4.39 Å². The SMILES string of the molecule is CCCNCc1cc(F)c(C)c(S(=O)(=O)NCCC)c1. The molecule has 0 aliphatic carbocycles. The molecular weight excluding hydrogens is 279 g/mol. The molecule has 0 bridgehead atoms. The number of nitrogens with one attached hydrogen (secondary N) is 2. The van der Waals surface area contributed by atoms with Crippen molar-refractivity contribution in [3.05, 3.63) is 29.1 Å². The Balaban J connectivity index is 3.05. The van der Waals surface area contributed by atoms with Crippen molar-refractivity contribution in [1.82, 2.24) is 10.0 Å². The fourth-order valence-electron chi connectivity index (χ4n) is 1.81. The largest absolute Gasteiger partial charge is 0.313 e. The second-order valence-electron chi connectivity index (χ2n) is 4.78. The van der Waals surface area contributed by atoms with E-state index in [2.05, 4.69) is 10.0 Å². The molecule has 1 rings (SSSR count). The molecule has 0 radical (unpaired) electrons. The smallest absolute Gasteiger partial charge is 0.240 e. The molecule has 1 aromatic rings. The molecule has 0 aliphatic rings. The Bertz CT molecular complexity index is 544. The lowest BCUT2D eigenvalue weighted by Gasteiger charge is -2.12. The topological polar surface area (TPSA) is 58.2 Å². The Labute approximate surface area is 120 Å². The van der Waals surface area contributed by atoms with Gasteiger partial charge in [0.1, 0.15) is 5.82 Å². The van der Waals surface area contributed by atoms with Crippen molar-refractivity contribution in [2.24, 2.45) is 0 Å². The predicted molar refractivity (Wildman–Crippen MR) is 78.6 cm³/mol. The minimum atomic E-state index is -3.65. The van der Waals surface area contributed by atoms with Gasteiger partial charge >= 0.3 is 0 Å². The van der Waals surface area contributed by atoms with E-state index in [1.165, 1.54) is 13.0 Å². The van der Waals surface area contributed by atoms with Gasteiger partial charge in [-0.2, -0.15) is 0 Å². The lowest BCUT2D eigenvalue weighted by atomic mass is 10.1. The highest BCUT2D eigenvalue weighted by Gasteiger charge is 2.19. The molecule has 0 heterocycles. The van der Waals surface area contributed by atoms with Crippen molar-refractivity contribution in [3.63, 3.8) is 0 Å². The number of sulfonamides is 1. The summed E-state index contributed by atoms with van der Waals surface area (Å²) in [5.41, 5.74) is 0.797. The molecule has 0 saturated carbocycles. The monoisotopic (exact) mass is 302 g/mol. The van der Waals surface area contributed by atoms with Crippen molar-refractivity contribution in [3.8, 4) is 0 Å². The van der Waals surface area contributed by atoms with Crippen LogP contribution in [0.1, 0.15) is 37.8 Å². The maximum atomic E-state index is 13.9. The average molecular weight is 302 g/mol. The third-order valence-corrected chi connectivity index (χ3v) is 4.53. The van der Waals surface area contributed by atoms with Gasteiger partial charge in [-0.1, -0.05) is 13.8 Å². The van der Waals surface area contributed by atoms with E-state index in [0.29, 0.717) is 25.1 Å². The fourth-order valence-corrected chi connectivity index (χ4v) is 3.25. The molecule has 0 aromatic heterocycles. The number of rotatable bonds is 8. The Kier molecular flexibility index (Phi) is 6.58. The summed E-state index contributed by atoms with van der Waals surface area (Å²) < 4.78 is 40.7. The van der Waals surface area contributed by atoms with E-state index in [1.54, 1.807) is 6.07 Å². The molecule has 0 aliphatic heterocycles. The van der Waals surface area contributed by atoms with E-state index in [1.807, 2.05) is 13.8 Å². The number of halogens is 1. The highest BCUT2D eigenvalue weighted by Crippen LogP contribution is 2.20. The molecule has 114 valence electrons. The van der Waals surface area contributed by atoms with Crippen LogP contribution in [-0.2, 0) is 16.6 Å². The first-order valence-corrected chi connectivity index (χ1v) is 8.40. The summed E-state index contributed by atoms with van der Waals surface area (Å²) in [6.45, 7) is 7.02.